The molecule has 75 heavy (non-hydrogen) atoms. The van der Waals surface area contributed by atoms with Crippen molar-refractivity contribution in [2.24, 2.45) is 39.8 Å². The number of hydrogen-bond acceptors (Lipinski definition) is 12. The van der Waals surface area contributed by atoms with Crippen LogP contribution in [0.3, 0.4) is 0 Å². The molecule has 5 rings (SSSR count). The van der Waals surface area contributed by atoms with Crippen molar-refractivity contribution >= 4 is 64.2 Å². The number of fused-ring (bicyclic) bond motifs is 1. The number of carbonyl (C=O) groups is 8. The second-order valence-electron chi connectivity index (χ2n) is 20.1. The van der Waals surface area contributed by atoms with Gasteiger partial charge in [0.25, 0.3) is 0 Å². The first kappa shape index (κ1) is 58.8. The van der Waals surface area contributed by atoms with Crippen molar-refractivity contribution in [3.63, 3.8) is 0 Å². The molecule has 2 saturated heterocycles. The zero-order valence-electron chi connectivity index (χ0n) is 43.6. The summed E-state index contributed by atoms with van der Waals surface area (Å²) in [5, 5.41) is 24.7. The van der Waals surface area contributed by atoms with Crippen LogP contribution in [0.5, 0.6) is 0 Å². The van der Waals surface area contributed by atoms with Gasteiger partial charge in [-0.3, -0.25) is 38.6 Å². The summed E-state index contributed by atoms with van der Waals surface area (Å²) in [4.78, 5) is 129. The van der Waals surface area contributed by atoms with E-state index in [0.29, 0.717) is 62.9 Å². The lowest BCUT2D eigenvalue weighted by Gasteiger charge is -2.32. The van der Waals surface area contributed by atoms with Crippen LogP contribution in [-0.2, 0) is 51.2 Å². The summed E-state index contributed by atoms with van der Waals surface area (Å²) in [6.45, 7) is 8.15. The van der Waals surface area contributed by atoms with Gasteiger partial charge in [-0.15, -0.1) is 0 Å². The van der Waals surface area contributed by atoms with E-state index in [0.717, 1.165) is 10.9 Å². The molecule has 4 heterocycles. The molecule has 0 saturated carbocycles. The van der Waals surface area contributed by atoms with Crippen molar-refractivity contribution in [3.8, 4) is 0 Å². The van der Waals surface area contributed by atoms with E-state index >= 15 is 0 Å². The van der Waals surface area contributed by atoms with E-state index in [9.17, 15) is 43.5 Å². The van der Waals surface area contributed by atoms with Gasteiger partial charge in [0, 0.05) is 61.5 Å². The fourth-order valence-corrected chi connectivity index (χ4v) is 9.71. The second kappa shape index (κ2) is 28.6. The molecule has 412 valence electrons. The van der Waals surface area contributed by atoms with Gasteiger partial charge in [-0.25, -0.2) is 9.78 Å². The molecular formula is C51H79N15O9. The smallest absolute Gasteiger partial charge is 0.326 e. The van der Waals surface area contributed by atoms with Crippen molar-refractivity contribution in [1.29, 1.82) is 0 Å². The molecule has 3 aromatic rings. The molecule has 2 aliphatic rings. The van der Waals surface area contributed by atoms with Gasteiger partial charge < -0.3 is 74.4 Å². The molecule has 9 unspecified atom stereocenters. The molecular weight excluding hydrogens is 967 g/mol. The van der Waals surface area contributed by atoms with Gasteiger partial charge in [0.1, 0.15) is 42.3 Å². The number of imidazole rings is 1. The normalized spacial score (nSPS) is 18.3. The number of nitrogens with two attached hydrogens (primary N) is 4. The van der Waals surface area contributed by atoms with E-state index in [1.807, 2.05) is 45.0 Å². The highest BCUT2D eigenvalue weighted by atomic mass is 16.4. The molecule has 0 spiro atoms. The first-order valence-electron chi connectivity index (χ1n) is 26.2. The number of H-pyrrole nitrogens is 2. The highest BCUT2D eigenvalue weighted by molar-refractivity contribution is 5.98. The van der Waals surface area contributed by atoms with Crippen molar-refractivity contribution in [3.05, 3.63) is 54.2 Å². The number of rotatable bonds is 29. The van der Waals surface area contributed by atoms with Gasteiger partial charge in [0.2, 0.25) is 41.4 Å². The SMILES string of the molecule is CCC(C)C(NC(=O)C(Cc1c[nH]c2ccccc12)NC(=O)C1CCCN1C(=O)C(CCCN=C(N)N)NC(=O)C(CCCCN)NC(=O)C1CCCN1C(=O)C(N)Cc1cnc[nH]1)C(=O)NC(CC(C)C)C(=O)O. The molecule has 9 atom stereocenters. The van der Waals surface area contributed by atoms with Crippen LogP contribution in [0.2, 0.25) is 0 Å². The maximum Gasteiger partial charge on any atom is 0.326 e. The highest BCUT2D eigenvalue weighted by Gasteiger charge is 2.42. The van der Waals surface area contributed by atoms with Crippen molar-refractivity contribution in [1.82, 2.24) is 51.3 Å². The summed E-state index contributed by atoms with van der Waals surface area (Å²) in [6, 6.07) is -1.48. The first-order valence-corrected chi connectivity index (χ1v) is 26.2. The predicted octanol–water partition coefficient (Wildman–Crippen LogP) is -0.231. The number of benzene rings is 1. The third-order valence-corrected chi connectivity index (χ3v) is 14.0. The quantitative estimate of drug-likeness (QED) is 0.0243. The Labute approximate surface area is 437 Å². The van der Waals surface area contributed by atoms with E-state index in [-0.39, 0.29) is 69.9 Å². The molecule has 1 aromatic carbocycles. The molecule has 2 aromatic heterocycles. The Morgan fingerprint density at radius 2 is 1.40 bits per heavy atom. The van der Waals surface area contributed by atoms with Gasteiger partial charge in [-0.1, -0.05) is 52.3 Å². The Bertz CT molecular complexity index is 2440. The number of likely N-dealkylation sites (tertiary alicyclic amines) is 2. The summed E-state index contributed by atoms with van der Waals surface area (Å²) in [7, 11) is 0. The topological polar surface area (TPSA) is 384 Å². The van der Waals surface area contributed by atoms with Crippen LogP contribution >= 0.6 is 0 Å². The minimum atomic E-state index is -1.27. The highest BCUT2D eigenvalue weighted by Crippen LogP contribution is 2.24. The van der Waals surface area contributed by atoms with Crippen LogP contribution in [0.4, 0.5) is 0 Å². The molecule has 2 fully saturated rings. The number of unbranched alkanes of at least 4 members (excludes halogenated alkanes) is 1. The van der Waals surface area contributed by atoms with Crippen molar-refractivity contribution in [2.45, 2.75) is 160 Å². The number of carboxylic acid groups (broad SMARTS) is 1. The minimum Gasteiger partial charge on any atom is -0.480 e. The van der Waals surface area contributed by atoms with E-state index in [1.54, 1.807) is 19.3 Å². The molecule has 0 bridgehead atoms. The molecule has 0 aliphatic carbocycles. The molecule has 16 N–H and O–H groups in total. The zero-order chi connectivity index (χ0) is 54.8. The van der Waals surface area contributed by atoms with Gasteiger partial charge in [-0.2, -0.15) is 0 Å². The number of nitrogens with one attached hydrogen (secondary N) is 7. The first-order chi connectivity index (χ1) is 35.8. The molecule has 24 heteroatoms. The number of nitrogens with zero attached hydrogens (tertiary/aromatic N) is 4. The van der Waals surface area contributed by atoms with Gasteiger partial charge in [-0.05, 0) is 94.2 Å². The Morgan fingerprint density at radius 3 is 2.01 bits per heavy atom. The Morgan fingerprint density at radius 1 is 0.773 bits per heavy atom. The maximum atomic E-state index is 14.8. The number of aromatic nitrogens is 3. The summed E-state index contributed by atoms with van der Waals surface area (Å²) >= 11 is 0. The molecule has 0 radical (unpaired) electrons. The zero-order valence-corrected chi connectivity index (χ0v) is 43.6. The Hall–Kier alpha value is -7.08. The number of aliphatic carboxylic acids is 1. The van der Waals surface area contributed by atoms with Crippen LogP contribution < -0.4 is 49.5 Å². The molecule has 24 nitrogen and oxygen atoms in total. The number of amides is 7. The number of guanidine groups is 1. The average molecular weight is 1050 g/mol. The van der Waals surface area contributed by atoms with E-state index in [4.69, 9.17) is 22.9 Å². The number of aliphatic imine (C=N–C) groups is 1. The lowest BCUT2D eigenvalue weighted by atomic mass is 9.96. The number of carboxylic acids is 1. The maximum absolute atomic E-state index is 14.8. The van der Waals surface area contributed by atoms with Crippen LogP contribution in [-0.4, -0.2) is 158 Å². The van der Waals surface area contributed by atoms with Gasteiger partial charge >= 0.3 is 5.97 Å². The standard InChI is InChI=1S/C51H79N15O9/c1-5-30(4)42(47(71)63-39(50(74)75)23-29(2)3)64-44(68)38(24-31-26-58-35-14-7-6-13-33(31)35)62-46(70)41-18-12-22-66(41)49(73)37(16-10-20-57-51(54)55)61-43(67)36(15-8-9-19-52)60-45(69)40-17-11-21-65(40)48(72)34(53)25-32-27-56-28-59-32/h6-7,13-14,26-30,34,36-42,58H,5,8-12,15-25,52-53H2,1-4H3,(H,56,59)(H,60,69)(H,61,67)(H,62,70)(H,63,71)(H,64,68)(H,74,75)(H4,54,55,57). The fraction of sp³-hybridized carbons (Fsp3) is 0.608. The van der Waals surface area contributed by atoms with Crippen LogP contribution in [0.25, 0.3) is 10.9 Å². The fourth-order valence-electron chi connectivity index (χ4n) is 9.71. The summed E-state index contributed by atoms with van der Waals surface area (Å²) < 4.78 is 0. The molecule has 7 amide bonds. The predicted molar refractivity (Wildman–Crippen MR) is 281 cm³/mol. The molecule has 2 aliphatic heterocycles. The third-order valence-electron chi connectivity index (χ3n) is 14.0. The minimum absolute atomic E-state index is 0.0201. The Balaban J connectivity index is 1.37. The number of carbonyl (C=O) groups excluding carboxylic acids is 7. The van der Waals surface area contributed by atoms with Gasteiger partial charge in [0.05, 0.1) is 12.4 Å². The van der Waals surface area contributed by atoms with Crippen molar-refractivity contribution in [2.75, 3.05) is 26.2 Å². The largest absolute Gasteiger partial charge is 0.480 e. The monoisotopic (exact) mass is 1050 g/mol. The Kier molecular flexibility index (Phi) is 22.4. The third kappa shape index (κ3) is 16.7. The van der Waals surface area contributed by atoms with Gasteiger partial charge in [0.15, 0.2) is 5.96 Å². The average Bonchev–Trinajstić information content (AvgIpc) is 4.24. The van der Waals surface area contributed by atoms with Crippen LogP contribution in [0, 0.1) is 11.8 Å². The van der Waals surface area contributed by atoms with E-state index in [2.05, 4.69) is 46.5 Å². The number of hydrogen-bond donors (Lipinski definition) is 12. The summed E-state index contributed by atoms with van der Waals surface area (Å²) in [6.07, 6.45) is 8.51. The second-order valence-corrected chi connectivity index (χ2v) is 20.1. The lowest BCUT2D eigenvalue weighted by Crippen LogP contribution is -2.60. The number of para-hydroxylation sites is 1. The van der Waals surface area contributed by atoms with Crippen molar-refractivity contribution < 1.29 is 43.5 Å². The van der Waals surface area contributed by atoms with E-state index in [1.165, 1.54) is 16.1 Å². The number of aromatic amines is 2. The lowest BCUT2D eigenvalue weighted by molar-refractivity contribution is -0.143. The van der Waals surface area contributed by atoms with Crippen LogP contribution in [0.1, 0.15) is 110 Å². The summed E-state index contributed by atoms with van der Waals surface area (Å²) in [5.74, 6) is -6.11. The summed E-state index contributed by atoms with van der Waals surface area (Å²) in [5.41, 5.74) is 25.4. The van der Waals surface area contributed by atoms with E-state index < -0.39 is 102 Å². The van der Waals surface area contributed by atoms with Crippen LogP contribution in [0.15, 0.2) is 48.0 Å².